The molecule has 0 aliphatic carbocycles. The highest BCUT2D eigenvalue weighted by Gasteiger charge is 2.29. The molecule has 0 aliphatic heterocycles. The number of hydrogen-bond acceptors (Lipinski definition) is 4. The number of thiophene rings is 1. The minimum atomic E-state index is -0.640. The number of amides is 1. The lowest BCUT2D eigenvalue weighted by molar-refractivity contribution is -0.158. The Kier molecular flexibility index (Phi) is 6.00. The summed E-state index contributed by atoms with van der Waals surface area (Å²) >= 11 is 3.66. The van der Waals surface area contributed by atoms with Crippen LogP contribution in [0, 0.1) is 8.80 Å². The van der Waals surface area contributed by atoms with Gasteiger partial charge in [0.2, 0.25) is 0 Å². The minimum Gasteiger partial charge on any atom is -0.458 e. The van der Waals surface area contributed by atoms with Gasteiger partial charge in [-0.3, -0.25) is 4.79 Å². The van der Waals surface area contributed by atoms with Crippen molar-refractivity contribution in [2.75, 3.05) is 0 Å². The second-order valence-corrected chi connectivity index (χ2v) is 8.67. The number of hydrogen-bond donors (Lipinski definition) is 1. The van der Waals surface area contributed by atoms with Gasteiger partial charge in [-0.15, -0.1) is 11.3 Å². The van der Waals surface area contributed by atoms with E-state index in [1.165, 1.54) is 11.3 Å². The van der Waals surface area contributed by atoms with E-state index in [4.69, 9.17) is 4.74 Å². The fourth-order valence-electron chi connectivity index (χ4n) is 1.52. The zero-order valence-corrected chi connectivity index (χ0v) is 15.3. The van der Waals surface area contributed by atoms with Gasteiger partial charge in [0.15, 0.2) is 0 Å². The zero-order chi connectivity index (χ0) is 15.5. The van der Waals surface area contributed by atoms with Crippen LogP contribution in [-0.4, -0.2) is 23.5 Å². The van der Waals surface area contributed by atoms with Gasteiger partial charge >= 0.3 is 5.97 Å². The average molecular weight is 409 g/mol. The summed E-state index contributed by atoms with van der Waals surface area (Å²) in [4.78, 5) is 24.3. The maximum atomic E-state index is 12.1. The van der Waals surface area contributed by atoms with Crippen LogP contribution in [0.5, 0.6) is 0 Å². The summed E-state index contributed by atoms with van der Waals surface area (Å²) in [6, 6.07) is 1.16. The summed E-state index contributed by atoms with van der Waals surface area (Å²) in [5.74, 6) is -0.675. The molecule has 4 nitrogen and oxygen atoms in total. The molecule has 1 rings (SSSR count). The van der Waals surface area contributed by atoms with Crippen molar-refractivity contribution >= 4 is 45.8 Å². The van der Waals surface area contributed by atoms with Crippen molar-refractivity contribution in [1.29, 1.82) is 0 Å². The van der Waals surface area contributed by atoms with Gasteiger partial charge in [0, 0.05) is 5.38 Å². The van der Waals surface area contributed by atoms with Crippen LogP contribution in [0.4, 0.5) is 0 Å². The molecule has 1 aromatic heterocycles. The fraction of sp³-hybridized carbons (Fsp3) is 0.571. The number of carbonyl (C=O) groups excluding carboxylic acids is 2. The smallest absolute Gasteiger partial charge is 0.329 e. The Morgan fingerprint density at radius 2 is 1.95 bits per heavy atom. The van der Waals surface area contributed by atoms with Crippen molar-refractivity contribution in [3.63, 3.8) is 0 Å². The molecule has 0 saturated carbocycles. The topological polar surface area (TPSA) is 55.4 Å². The Labute approximate surface area is 137 Å². The summed E-state index contributed by atoms with van der Waals surface area (Å²) in [7, 11) is 0. The van der Waals surface area contributed by atoms with Crippen molar-refractivity contribution in [2.45, 2.75) is 46.3 Å². The number of halogens is 1. The Morgan fingerprint density at radius 3 is 2.35 bits per heavy atom. The molecule has 0 fully saturated rings. The summed E-state index contributed by atoms with van der Waals surface area (Å²) in [5, 5.41) is 4.54. The molecule has 1 amide bonds. The first kappa shape index (κ1) is 17.4. The molecule has 1 atom stereocenters. The third-order valence-electron chi connectivity index (χ3n) is 2.44. The number of carbonyl (C=O) groups is 2. The molecule has 6 heteroatoms. The van der Waals surface area contributed by atoms with Crippen LogP contribution < -0.4 is 5.32 Å². The minimum absolute atomic E-state index is 0.0356. The highest BCUT2D eigenvalue weighted by molar-refractivity contribution is 14.1. The van der Waals surface area contributed by atoms with Gasteiger partial charge in [0.25, 0.3) is 5.91 Å². The van der Waals surface area contributed by atoms with E-state index in [-0.39, 0.29) is 11.8 Å². The van der Waals surface area contributed by atoms with Crippen LogP contribution in [0.15, 0.2) is 11.4 Å². The average Bonchev–Trinajstić information content (AvgIpc) is 2.69. The number of nitrogens with one attached hydrogen (secondary N) is 1. The quantitative estimate of drug-likeness (QED) is 0.612. The third-order valence-corrected chi connectivity index (χ3v) is 4.23. The van der Waals surface area contributed by atoms with Gasteiger partial charge in [0.1, 0.15) is 11.6 Å². The highest BCUT2D eigenvalue weighted by Crippen LogP contribution is 2.18. The summed E-state index contributed by atoms with van der Waals surface area (Å²) in [5.41, 5.74) is 0.0146. The van der Waals surface area contributed by atoms with Gasteiger partial charge in [-0.05, 0) is 55.3 Å². The molecule has 1 aromatic rings. The molecule has 0 aromatic carbocycles. The Balaban J connectivity index is 2.77. The van der Waals surface area contributed by atoms with Gasteiger partial charge in [-0.25, -0.2) is 4.79 Å². The maximum absolute atomic E-state index is 12.1. The molecule has 0 aliphatic rings. The maximum Gasteiger partial charge on any atom is 0.329 e. The first-order valence-corrected chi connectivity index (χ1v) is 8.34. The molecular formula is C14H20INO3S. The monoisotopic (exact) mass is 409 g/mol. The second-order valence-electron chi connectivity index (χ2n) is 5.87. The molecule has 112 valence electrons. The van der Waals surface area contributed by atoms with Crippen LogP contribution in [0.2, 0.25) is 0 Å². The van der Waals surface area contributed by atoms with E-state index in [9.17, 15) is 9.59 Å². The summed E-state index contributed by atoms with van der Waals surface area (Å²) in [6.45, 7) is 9.19. The molecule has 1 N–H and O–H groups in total. The van der Waals surface area contributed by atoms with E-state index in [1.54, 1.807) is 11.4 Å². The van der Waals surface area contributed by atoms with Crippen molar-refractivity contribution in [3.05, 3.63) is 19.9 Å². The first-order valence-electron chi connectivity index (χ1n) is 6.38. The van der Waals surface area contributed by atoms with Crippen molar-refractivity contribution in [2.24, 2.45) is 5.92 Å². The lowest BCUT2D eigenvalue weighted by atomic mass is 10.0. The fourth-order valence-corrected chi connectivity index (χ4v) is 2.84. The van der Waals surface area contributed by atoms with Crippen LogP contribution in [0.1, 0.15) is 45.0 Å². The summed E-state index contributed by atoms with van der Waals surface area (Å²) in [6.07, 6.45) is 0. The second kappa shape index (κ2) is 6.89. The molecule has 0 saturated heterocycles. The largest absolute Gasteiger partial charge is 0.458 e. The number of esters is 1. The van der Waals surface area contributed by atoms with Gasteiger partial charge in [0.05, 0.1) is 8.45 Å². The van der Waals surface area contributed by atoms with E-state index >= 15 is 0 Å². The lowest BCUT2D eigenvalue weighted by Gasteiger charge is -2.26. The van der Waals surface area contributed by atoms with Gasteiger partial charge in [-0.2, -0.15) is 0 Å². The van der Waals surface area contributed by atoms with E-state index < -0.39 is 17.6 Å². The number of ether oxygens (including phenoxy) is 1. The molecule has 0 bridgehead atoms. The van der Waals surface area contributed by atoms with Crippen LogP contribution in [-0.2, 0) is 9.53 Å². The van der Waals surface area contributed by atoms with E-state index in [2.05, 4.69) is 27.9 Å². The van der Waals surface area contributed by atoms with Crippen molar-refractivity contribution < 1.29 is 14.3 Å². The summed E-state index contributed by atoms with van der Waals surface area (Å²) < 4.78 is 6.38. The predicted octanol–water partition coefficient (Wildman–Crippen LogP) is 3.45. The van der Waals surface area contributed by atoms with Crippen LogP contribution >= 0.6 is 33.9 Å². The molecule has 1 heterocycles. The van der Waals surface area contributed by atoms with E-state index in [0.717, 1.165) is 2.88 Å². The zero-order valence-electron chi connectivity index (χ0n) is 12.3. The van der Waals surface area contributed by atoms with E-state index in [1.807, 2.05) is 34.6 Å². The number of rotatable bonds is 4. The van der Waals surface area contributed by atoms with Crippen LogP contribution in [0.3, 0.4) is 0 Å². The SMILES string of the molecule is CC(C)[C@@H](NC(=O)c1csc(I)c1)C(=O)OC(C)(C)C. The van der Waals surface area contributed by atoms with Gasteiger partial charge in [-0.1, -0.05) is 13.8 Å². The molecular weight excluding hydrogens is 389 g/mol. The Bertz CT molecular complexity index is 491. The van der Waals surface area contributed by atoms with Crippen LogP contribution in [0.25, 0.3) is 0 Å². The van der Waals surface area contributed by atoms with Crippen molar-refractivity contribution in [3.8, 4) is 0 Å². The highest BCUT2D eigenvalue weighted by atomic mass is 127. The van der Waals surface area contributed by atoms with Crippen molar-refractivity contribution in [1.82, 2.24) is 5.32 Å². The molecule has 0 radical (unpaired) electrons. The molecule has 0 unspecified atom stereocenters. The Hall–Kier alpha value is -0.630. The normalized spacial score (nSPS) is 13.2. The molecule has 20 heavy (non-hydrogen) atoms. The lowest BCUT2D eigenvalue weighted by Crippen LogP contribution is -2.47. The molecule has 0 spiro atoms. The predicted molar refractivity (Wildman–Crippen MR) is 89.0 cm³/mol. The Morgan fingerprint density at radius 1 is 1.35 bits per heavy atom. The standard InChI is InChI=1S/C14H20INO3S/c1-8(2)11(13(18)19-14(3,4)5)16-12(17)9-6-10(15)20-7-9/h6-8,11H,1-5H3,(H,16,17)/t11-/m1/s1. The first-order chi connectivity index (χ1) is 9.10. The van der Waals surface area contributed by atoms with E-state index in [0.29, 0.717) is 5.56 Å². The third kappa shape index (κ3) is 5.40. The van der Waals surface area contributed by atoms with Gasteiger partial charge < -0.3 is 10.1 Å².